The molecule has 1 fully saturated rings. The van der Waals surface area contributed by atoms with Crippen molar-refractivity contribution < 1.29 is 13.8 Å². The molecule has 0 radical (unpaired) electrons. The van der Waals surface area contributed by atoms with Crippen LogP contribution >= 0.6 is 0 Å². The molecule has 6 heteroatoms. The molecule has 3 aromatic carbocycles. The molecule has 2 heterocycles. The van der Waals surface area contributed by atoms with Crippen LogP contribution in [0, 0.1) is 11.6 Å². The number of halogens is 2. The van der Waals surface area contributed by atoms with Crippen molar-refractivity contribution in [2.24, 2.45) is 0 Å². The lowest BCUT2D eigenvalue weighted by atomic mass is 9.78. The van der Waals surface area contributed by atoms with Gasteiger partial charge in [0.05, 0.1) is 11.9 Å². The average molecular weight is 498 g/mol. The summed E-state index contributed by atoms with van der Waals surface area (Å²) >= 11 is 0. The summed E-state index contributed by atoms with van der Waals surface area (Å²) in [6.45, 7) is 3.58. The minimum absolute atomic E-state index is 0.0645. The monoisotopic (exact) mass is 497 g/mol. The summed E-state index contributed by atoms with van der Waals surface area (Å²) in [4.78, 5) is 10.8. The summed E-state index contributed by atoms with van der Waals surface area (Å²) in [6.07, 6.45) is 7.71. The molecule has 1 aliphatic heterocycles. The van der Waals surface area contributed by atoms with E-state index in [1.807, 2.05) is 24.4 Å². The van der Waals surface area contributed by atoms with Crippen LogP contribution in [0.5, 0.6) is 0 Å². The topological polar surface area (TPSA) is 42.3 Å². The number of nitrogens with zero attached hydrogens (tertiary/aromatic N) is 2. The molecular weight excluding hydrogens is 466 g/mol. The number of piperidine rings is 1. The summed E-state index contributed by atoms with van der Waals surface area (Å²) in [5.41, 5.74) is 7.14. The molecule has 0 amide bonds. The third kappa shape index (κ3) is 5.12. The van der Waals surface area contributed by atoms with E-state index in [9.17, 15) is 8.78 Å². The number of aromatic amines is 1. The van der Waals surface area contributed by atoms with Gasteiger partial charge in [-0.2, -0.15) is 0 Å². The van der Waals surface area contributed by atoms with Crippen LogP contribution in [0.3, 0.4) is 0 Å². The van der Waals surface area contributed by atoms with Gasteiger partial charge >= 0.3 is 5.95 Å². The normalized spacial score (nSPS) is 17.2. The third-order valence-electron chi connectivity index (χ3n) is 7.65. The molecular formula is C31H31F2N4+. The number of nitrogens with one attached hydrogen (secondary N) is 2. The molecule has 1 saturated heterocycles. The number of likely N-dealkylation sites (tertiary alicyclic amines) is 1. The van der Waals surface area contributed by atoms with Crippen LogP contribution in [-0.2, 0) is 12.8 Å². The Morgan fingerprint density at radius 2 is 1.73 bits per heavy atom. The zero-order valence-corrected chi connectivity index (χ0v) is 20.8. The number of rotatable bonds is 6. The zero-order chi connectivity index (χ0) is 25.2. The van der Waals surface area contributed by atoms with E-state index in [1.165, 1.54) is 50.0 Å². The maximum absolute atomic E-state index is 14.0. The van der Waals surface area contributed by atoms with Gasteiger partial charge < -0.3 is 4.90 Å². The molecule has 2 aliphatic rings. The first-order valence-electron chi connectivity index (χ1n) is 13.2. The van der Waals surface area contributed by atoms with Gasteiger partial charge in [-0.25, -0.2) is 19.1 Å². The van der Waals surface area contributed by atoms with Gasteiger partial charge in [0, 0.05) is 23.6 Å². The van der Waals surface area contributed by atoms with Crippen LogP contribution in [0.1, 0.15) is 47.4 Å². The highest BCUT2D eigenvalue weighted by Crippen LogP contribution is 2.41. The minimum Gasteiger partial charge on any atom is -0.303 e. The molecule has 37 heavy (non-hydrogen) atoms. The fourth-order valence-corrected chi connectivity index (χ4v) is 5.63. The van der Waals surface area contributed by atoms with Crippen molar-refractivity contribution in [2.45, 2.75) is 38.0 Å². The number of benzene rings is 3. The Balaban J connectivity index is 1.20. The number of aromatic nitrogens is 2. The Bertz CT molecular complexity index is 1400. The van der Waals surface area contributed by atoms with E-state index < -0.39 is 11.6 Å². The molecule has 2 N–H and O–H groups in total. The summed E-state index contributed by atoms with van der Waals surface area (Å²) in [5.74, 6) is -1.04. The zero-order valence-electron chi connectivity index (χ0n) is 20.8. The van der Waals surface area contributed by atoms with Gasteiger partial charge in [0.2, 0.25) is 0 Å². The maximum Gasteiger partial charge on any atom is 0.394 e. The quantitative estimate of drug-likeness (QED) is 0.340. The highest BCUT2D eigenvalue weighted by Gasteiger charge is 2.30. The Morgan fingerprint density at radius 3 is 2.54 bits per heavy atom. The van der Waals surface area contributed by atoms with Gasteiger partial charge in [0.15, 0.2) is 17.3 Å². The SMILES string of the molecule is Fc1ccc(C2Cc3c[nH+]c(Nc4ccc(CCN5CCCCC5)cc4)nc3-c3ccccc32)cc1F. The van der Waals surface area contributed by atoms with E-state index in [4.69, 9.17) is 4.98 Å². The predicted octanol–water partition coefficient (Wildman–Crippen LogP) is 6.30. The lowest BCUT2D eigenvalue weighted by molar-refractivity contribution is -0.365. The number of hydrogen-bond donors (Lipinski definition) is 1. The molecule has 4 nitrogen and oxygen atoms in total. The number of fused-ring (bicyclic) bond motifs is 3. The Morgan fingerprint density at radius 1 is 0.919 bits per heavy atom. The summed E-state index contributed by atoms with van der Waals surface area (Å²) in [7, 11) is 0. The first-order valence-corrected chi connectivity index (χ1v) is 13.2. The van der Waals surface area contributed by atoms with Crippen LogP contribution in [0.15, 0.2) is 72.9 Å². The van der Waals surface area contributed by atoms with E-state index in [1.54, 1.807) is 6.07 Å². The third-order valence-corrected chi connectivity index (χ3v) is 7.65. The second-order valence-corrected chi connectivity index (χ2v) is 10.1. The maximum atomic E-state index is 14.0. The lowest BCUT2D eigenvalue weighted by Crippen LogP contribution is -2.31. The van der Waals surface area contributed by atoms with Gasteiger partial charge in [0.1, 0.15) is 0 Å². The first kappa shape index (κ1) is 23.7. The van der Waals surface area contributed by atoms with Crippen molar-refractivity contribution in [1.82, 2.24) is 9.88 Å². The van der Waals surface area contributed by atoms with E-state index in [-0.39, 0.29) is 5.92 Å². The van der Waals surface area contributed by atoms with E-state index in [0.29, 0.717) is 12.4 Å². The predicted molar refractivity (Wildman–Crippen MR) is 142 cm³/mol. The smallest absolute Gasteiger partial charge is 0.303 e. The van der Waals surface area contributed by atoms with Gasteiger partial charge in [-0.3, -0.25) is 0 Å². The molecule has 1 aliphatic carbocycles. The molecule has 1 atom stereocenters. The van der Waals surface area contributed by atoms with Gasteiger partial charge in [-0.1, -0.05) is 53.9 Å². The molecule has 188 valence electrons. The molecule has 0 bridgehead atoms. The van der Waals surface area contributed by atoms with Crippen molar-refractivity contribution in [3.8, 4) is 11.3 Å². The number of hydrogen-bond acceptors (Lipinski definition) is 3. The van der Waals surface area contributed by atoms with Crippen molar-refractivity contribution in [2.75, 3.05) is 25.0 Å². The van der Waals surface area contributed by atoms with Crippen LogP contribution < -0.4 is 10.3 Å². The fraction of sp³-hybridized carbons (Fsp3) is 0.290. The van der Waals surface area contributed by atoms with Gasteiger partial charge in [-0.05, 0) is 79.7 Å². The molecule has 0 spiro atoms. The molecule has 6 rings (SSSR count). The Kier molecular flexibility index (Phi) is 6.66. The van der Waals surface area contributed by atoms with Crippen LogP contribution in [-0.4, -0.2) is 29.5 Å². The fourth-order valence-electron chi connectivity index (χ4n) is 5.63. The van der Waals surface area contributed by atoms with Crippen molar-refractivity contribution in [3.05, 3.63) is 107 Å². The van der Waals surface area contributed by atoms with E-state index in [2.05, 4.69) is 45.5 Å². The van der Waals surface area contributed by atoms with Crippen LogP contribution in [0.4, 0.5) is 20.4 Å². The summed E-state index contributed by atoms with van der Waals surface area (Å²) < 4.78 is 27.6. The van der Waals surface area contributed by atoms with Crippen LogP contribution in [0.25, 0.3) is 11.3 Å². The van der Waals surface area contributed by atoms with E-state index >= 15 is 0 Å². The van der Waals surface area contributed by atoms with Crippen molar-refractivity contribution in [3.63, 3.8) is 0 Å². The minimum atomic E-state index is -0.825. The summed E-state index contributed by atoms with van der Waals surface area (Å²) in [5, 5.41) is 3.41. The largest absolute Gasteiger partial charge is 0.394 e. The van der Waals surface area contributed by atoms with Crippen molar-refractivity contribution >= 4 is 11.6 Å². The molecule has 1 unspecified atom stereocenters. The number of H-pyrrole nitrogens is 1. The standard InChI is InChI=1S/C31H30F2N4/c32-28-13-10-22(19-29(28)33)27-18-23-20-34-31(36-30(23)26-7-3-2-6-25(26)27)35-24-11-8-21(9-12-24)14-17-37-15-4-1-5-16-37/h2-3,6-13,19-20,27H,1,4-5,14-18H2,(H,34,35,36)/p+1. The van der Waals surface area contributed by atoms with Gasteiger partial charge in [0.25, 0.3) is 0 Å². The number of anilines is 2. The second kappa shape index (κ2) is 10.4. The van der Waals surface area contributed by atoms with E-state index in [0.717, 1.165) is 46.6 Å². The Hall–Kier alpha value is -3.64. The van der Waals surface area contributed by atoms with Crippen LogP contribution in [0.2, 0.25) is 0 Å². The highest BCUT2D eigenvalue weighted by atomic mass is 19.2. The summed E-state index contributed by atoms with van der Waals surface area (Å²) in [6, 6.07) is 20.9. The lowest BCUT2D eigenvalue weighted by Gasteiger charge is -2.26. The highest BCUT2D eigenvalue weighted by molar-refractivity contribution is 5.72. The van der Waals surface area contributed by atoms with Gasteiger partial charge in [-0.15, -0.1) is 0 Å². The molecule has 0 saturated carbocycles. The van der Waals surface area contributed by atoms with Crippen molar-refractivity contribution in [1.29, 1.82) is 0 Å². The molecule has 1 aromatic heterocycles. The Labute approximate surface area is 216 Å². The molecule has 4 aromatic rings. The average Bonchev–Trinajstić information content (AvgIpc) is 2.94. The first-order chi connectivity index (χ1) is 18.1. The second-order valence-electron chi connectivity index (χ2n) is 10.1.